The summed E-state index contributed by atoms with van der Waals surface area (Å²) in [6.07, 6.45) is 1.15. The number of amides is 3. The molecule has 0 unspecified atom stereocenters. The highest BCUT2D eigenvalue weighted by molar-refractivity contribution is 5.92. The van der Waals surface area contributed by atoms with Crippen LogP contribution in [0.25, 0.3) is 0 Å². The number of hydrogen-bond acceptors (Lipinski definition) is 5. The summed E-state index contributed by atoms with van der Waals surface area (Å²) in [7, 11) is 0. The van der Waals surface area contributed by atoms with Crippen molar-refractivity contribution < 1.29 is 23.2 Å². The molecule has 3 aromatic rings. The second-order valence-corrected chi connectivity index (χ2v) is 11.9. The van der Waals surface area contributed by atoms with Crippen molar-refractivity contribution in [2.45, 2.75) is 50.5 Å². The number of halogens is 3. The van der Waals surface area contributed by atoms with Crippen molar-refractivity contribution in [3.8, 4) is 0 Å². The van der Waals surface area contributed by atoms with E-state index in [9.17, 15) is 23.2 Å². The zero-order valence-electron chi connectivity index (χ0n) is 25.0. The van der Waals surface area contributed by atoms with E-state index in [4.69, 9.17) is 5.73 Å². The molecule has 0 radical (unpaired) electrons. The lowest BCUT2D eigenvalue weighted by atomic mass is 9.96. The van der Waals surface area contributed by atoms with Gasteiger partial charge in [0.2, 0.25) is 17.7 Å². The predicted octanol–water partition coefficient (Wildman–Crippen LogP) is 3.87. The van der Waals surface area contributed by atoms with Crippen molar-refractivity contribution in [1.29, 1.82) is 0 Å². The van der Waals surface area contributed by atoms with E-state index in [1.54, 1.807) is 39.0 Å². The molecule has 0 saturated carbocycles. The SMILES string of the molecule is Cl.N[C@@H](CC(=O)N1CCC[C@H]1C(=O)N1CCN(C(c2ccc(F)cc2)c2ccc(F)cc2)CC1)C(=O)N1Cc2ccccc2C1. The Bertz CT molecular complexity index is 1440. The molecule has 3 heterocycles. The molecule has 2 atom stereocenters. The lowest BCUT2D eigenvalue weighted by Gasteiger charge is -2.41. The first-order valence-corrected chi connectivity index (χ1v) is 15.2. The van der Waals surface area contributed by atoms with Crippen LogP contribution in [0.1, 0.15) is 47.6 Å². The highest BCUT2D eigenvalue weighted by Gasteiger charge is 2.39. The Hall–Kier alpha value is -3.86. The average Bonchev–Trinajstić information content (AvgIpc) is 3.71. The molecule has 11 heteroatoms. The van der Waals surface area contributed by atoms with E-state index in [1.165, 1.54) is 24.3 Å². The summed E-state index contributed by atoms with van der Waals surface area (Å²) in [5, 5.41) is 0. The molecule has 45 heavy (non-hydrogen) atoms. The molecule has 0 aliphatic carbocycles. The molecule has 238 valence electrons. The zero-order chi connectivity index (χ0) is 30.8. The Morgan fingerprint density at radius 3 is 1.82 bits per heavy atom. The third-order valence-electron chi connectivity index (χ3n) is 9.08. The van der Waals surface area contributed by atoms with E-state index in [0.29, 0.717) is 58.7 Å². The second kappa shape index (κ2) is 14.1. The summed E-state index contributed by atoms with van der Waals surface area (Å²) in [5.74, 6) is -1.28. The molecule has 3 aromatic carbocycles. The van der Waals surface area contributed by atoms with Crippen LogP contribution in [0.3, 0.4) is 0 Å². The van der Waals surface area contributed by atoms with Crippen LogP contribution in [0, 0.1) is 11.6 Å². The summed E-state index contributed by atoms with van der Waals surface area (Å²) in [6.45, 7) is 3.47. The first kappa shape index (κ1) is 32.5. The molecule has 3 amide bonds. The van der Waals surface area contributed by atoms with Gasteiger partial charge < -0.3 is 20.4 Å². The van der Waals surface area contributed by atoms with Gasteiger partial charge in [0.15, 0.2) is 0 Å². The Balaban J connectivity index is 0.00000400. The van der Waals surface area contributed by atoms with Crippen LogP contribution >= 0.6 is 12.4 Å². The Labute approximate surface area is 268 Å². The van der Waals surface area contributed by atoms with Gasteiger partial charge in [-0.15, -0.1) is 12.4 Å². The largest absolute Gasteiger partial charge is 0.338 e. The molecule has 2 saturated heterocycles. The van der Waals surface area contributed by atoms with Crippen molar-refractivity contribution in [1.82, 2.24) is 19.6 Å². The fraction of sp³-hybridized carbons (Fsp3) is 0.382. The van der Waals surface area contributed by atoms with Crippen molar-refractivity contribution in [2.24, 2.45) is 5.73 Å². The Kier molecular flexibility index (Phi) is 10.2. The van der Waals surface area contributed by atoms with Gasteiger partial charge in [-0.05, 0) is 59.4 Å². The molecule has 8 nitrogen and oxygen atoms in total. The quantitative estimate of drug-likeness (QED) is 0.425. The lowest BCUT2D eigenvalue weighted by molar-refractivity contribution is -0.146. The lowest BCUT2D eigenvalue weighted by Crippen LogP contribution is -2.55. The van der Waals surface area contributed by atoms with Crippen LogP contribution < -0.4 is 5.73 Å². The smallest absolute Gasteiger partial charge is 0.245 e. The third-order valence-corrected chi connectivity index (χ3v) is 9.08. The van der Waals surface area contributed by atoms with Crippen LogP contribution in [-0.2, 0) is 27.5 Å². The molecule has 2 fully saturated rings. The van der Waals surface area contributed by atoms with Crippen LogP contribution in [0.15, 0.2) is 72.8 Å². The number of fused-ring (bicyclic) bond motifs is 1. The predicted molar refractivity (Wildman–Crippen MR) is 168 cm³/mol. The number of nitrogens with two attached hydrogens (primary N) is 1. The van der Waals surface area contributed by atoms with Gasteiger partial charge in [0, 0.05) is 45.8 Å². The molecule has 3 aliphatic heterocycles. The maximum absolute atomic E-state index is 13.7. The van der Waals surface area contributed by atoms with Crippen LogP contribution in [-0.4, -0.2) is 82.1 Å². The fourth-order valence-electron chi connectivity index (χ4n) is 6.75. The Morgan fingerprint density at radius 2 is 1.29 bits per heavy atom. The summed E-state index contributed by atoms with van der Waals surface area (Å²) < 4.78 is 27.4. The van der Waals surface area contributed by atoms with Crippen LogP contribution in [0.5, 0.6) is 0 Å². The minimum atomic E-state index is -0.966. The molecule has 0 aromatic heterocycles. The fourth-order valence-corrected chi connectivity index (χ4v) is 6.75. The molecule has 2 N–H and O–H groups in total. The van der Waals surface area contributed by atoms with E-state index in [-0.39, 0.29) is 54.2 Å². The average molecular weight is 638 g/mol. The second-order valence-electron chi connectivity index (χ2n) is 11.9. The number of carbonyl (C=O) groups excluding carboxylic acids is 3. The van der Waals surface area contributed by atoms with E-state index >= 15 is 0 Å². The van der Waals surface area contributed by atoms with Crippen molar-refractivity contribution in [3.05, 3.63) is 107 Å². The van der Waals surface area contributed by atoms with Gasteiger partial charge >= 0.3 is 0 Å². The van der Waals surface area contributed by atoms with E-state index < -0.39 is 12.1 Å². The topological polar surface area (TPSA) is 90.2 Å². The van der Waals surface area contributed by atoms with Gasteiger partial charge in [-0.2, -0.15) is 0 Å². The molecule has 0 spiro atoms. The number of nitrogens with zero attached hydrogens (tertiary/aromatic N) is 4. The van der Waals surface area contributed by atoms with E-state index in [0.717, 1.165) is 22.3 Å². The minimum absolute atomic E-state index is 0. The molecular formula is C34H38ClF2N5O3. The maximum atomic E-state index is 13.7. The molecular weight excluding hydrogens is 600 g/mol. The number of rotatable bonds is 7. The van der Waals surface area contributed by atoms with E-state index in [2.05, 4.69) is 4.90 Å². The van der Waals surface area contributed by atoms with Crippen molar-refractivity contribution >= 4 is 30.1 Å². The monoisotopic (exact) mass is 637 g/mol. The first-order chi connectivity index (χ1) is 21.3. The van der Waals surface area contributed by atoms with Gasteiger partial charge in [0.05, 0.1) is 18.5 Å². The van der Waals surface area contributed by atoms with E-state index in [1.807, 2.05) is 24.3 Å². The van der Waals surface area contributed by atoms with Gasteiger partial charge in [0.1, 0.15) is 17.7 Å². The summed E-state index contributed by atoms with van der Waals surface area (Å²) in [6, 6.07) is 18.7. The van der Waals surface area contributed by atoms with Gasteiger partial charge in [-0.3, -0.25) is 19.3 Å². The first-order valence-electron chi connectivity index (χ1n) is 15.2. The summed E-state index contributed by atoms with van der Waals surface area (Å²) in [5.41, 5.74) is 10.2. The van der Waals surface area contributed by atoms with Crippen LogP contribution in [0.4, 0.5) is 8.78 Å². The number of likely N-dealkylation sites (tertiary alicyclic amines) is 1. The van der Waals surface area contributed by atoms with Crippen LogP contribution in [0.2, 0.25) is 0 Å². The van der Waals surface area contributed by atoms with Crippen molar-refractivity contribution in [3.63, 3.8) is 0 Å². The highest BCUT2D eigenvalue weighted by Crippen LogP contribution is 2.31. The number of hydrogen-bond donors (Lipinski definition) is 1. The highest BCUT2D eigenvalue weighted by atomic mass is 35.5. The zero-order valence-corrected chi connectivity index (χ0v) is 25.8. The van der Waals surface area contributed by atoms with Gasteiger partial charge in [-0.25, -0.2) is 8.78 Å². The number of benzene rings is 3. The standard InChI is InChI=1S/C34H37F2N5O3.ClH/c35-27-11-7-23(8-12-27)32(24-9-13-28(36)14-10-24)38-16-18-39(19-17-38)34(44)30-6-3-15-41(30)31(42)20-29(37)33(43)40-21-25-4-1-2-5-26(25)22-40;/h1-2,4-5,7-14,29-30,32H,3,6,15-22,37H2;1H/t29-,30-;/m0./s1. The number of piperazine rings is 1. The molecule has 0 bridgehead atoms. The minimum Gasteiger partial charge on any atom is -0.338 e. The van der Waals surface area contributed by atoms with Gasteiger partial charge in [0.25, 0.3) is 0 Å². The molecule has 6 rings (SSSR count). The normalized spacial score (nSPS) is 18.9. The number of carbonyl (C=O) groups is 3. The third kappa shape index (κ3) is 7.03. The summed E-state index contributed by atoms with van der Waals surface area (Å²) in [4.78, 5) is 47.4. The van der Waals surface area contributed by atoms with Crippen molar-refractivity contribution in [2.75, 3.05) is 32.7 Å². The maximum Gasteiger partial charge on any atom is 0.245 e. The molecule has 3 aliphatic rings. The Morgan fingerprint density at radius 1 is 0.756 bits per heavy atom. The van der Waals surface area contributed by atoms with Gasteiger partial charge in [-0.1, -0.05) is 48.5 Å². The summed E-state index contributed by atoms with van der Waals surface area (Å²) >= 11 is 0.